The Morgan fingerprint density at radius 3 is 2.78 bits per heavy atom. The molecule has 0 aromatic heterocycles. The van der Waals surface area contributed by atoms with Crippen molar-refractivity contribution < 1.29 is 18.9 Å². The van der Waals surface area contributed by atoms with Gasteiger partial charge in [0.2, 0.25) is 6.79 Å². The van der Waals surface area contributed by atoms with E-state index in [4.69, 9.17) is 18.9 Å². The van der Waals surface area contributed by atoms with Gasteiger partial charge >= 0.3 is 0 Å². The number of anilines is 1. The van der Waals surface area contributed by atoms with Crippen molar-refractivity contribution >= 4 is 21.6 Å². The highest BCUT2D eigenvalue weighted by atomic mass is 79.9. The van der Waals surface area contributed by atoms with Crippen molar-refractivity contribution in [2.75, 3.05) is 25.8 Å². The van der Waals surface area contributed by atoms with E-state index in [-0.39, 0.29) is 6.79 Å². The van der Waals surface area contributed by atoms with Crippen LogP contribution >= 0.6 is 15.9 Å². The second-order valence-corrected chi connectivity index (χ2v) is 5.82. The number of nitrogens with one attached hydrogen (secondary N) is 1. The van der Waals surface area contributed by atoms with Crippen LogP contribution in [0.4, 0.5) is 5.69 Å². The molecule has 6 heteroatoms. The lowest BCUT2D eigenvalue weighted by Gasteiger charge is -2.14. The van der Waals surface area contributed by atoms with Gasteiger partial charge in [-0.25, -0.2) is 0 Å². The smallest absolute Gasteiger partial charge is 0.231 e. The predicted octanol–water partition coefficient (Wildman–Crippen LogP) is 4.20. The molecule has 0 atom stereocenters. The Bertz CT molecular complexity index is 705. The number of hydrogen-bond acceptors (Lipinski definition) is 5. The van der Waals surface area contributed by atoms with Crippen molar-refractivity contribution in [2.45, 2.75) is 13.5 Å². The van der Waals surface area contributed by atoms with E-state index in [1.54, 1.807) is 7.11 Å². The monoisotopic (exact) mass is 379 g/mol. The minimum Gasteiger partial charge on any atom is -0.493 e. The second-order valence-electron chi connectivity index (χ2n) is 4.96. The molecule has 1 aliphatic heterocycles. The third-order valence-electron chi connectivity index (χ3n) is 3.45. The molecule has 0 unspecified atom stereocenters. The van der Waals surface area contributed by atoms with E-state index >= 15 is 0 Å². The molecule has 3 rings (SSSR count). The average Bonchev–Trinajstić information content (AvgIpc) is 3.02. The fraction of sp³-hybridized carbons (Fsp3) is 0.294. The van der Waals surface area contributed by atoms with Crippen molar-refractivity contribution in [3.05, 3.63) is 40.4 Å². The Labute approximate surface area is 143 Å². The van der Waals surface area contributed by atoms with Crippen molar-refractivity contribution in [2.24, 2.45) is 0 Å². The molecular formula is C17H18BrNO4. The molecule has 23 heavy (non-hydrogen) atoms. The molecule has 2 aromatic carbocycles. The van der Waals surface area contributed by atoms with Gasteiger partial charge in [-0.05, 0) is 52.7 Å². The standard InChI is InChI=1S/C17H18BrNO4/c1-3-21-17-13(18)6-11(7-16(17)20-2)9-19-12-4-5-14-15(8-12)23-10-22-14/h4-8,19H,3,9-10H2,1-2H3. The maximum absolute atomic E-state index is 5.60. The molecule has 122 valence electrons. The molecule has 1 heterocycles. The normalized spacial score (nSPS) is 12.1. The number of halogens is 1. The van der Waals surface area contributed by atoms with Crippen LogP contribution in [0.2, 0.25) is 0 Å². The highest BCUT2D eigenvalue weighted by Crippen LogP contribution is 2.37. The van der Waals surface area contributed by atoms with Gasteiger partial charge in [0.15, 0.2) is 23.0 Å². The Hall–Kier alpha value is -2.08. The van der Waals surface area contributed by atoms with Gasteiger partial charge in [0.05, 0.1) is 18.2 Å². The SMILES string of the molecule is CCOc1c(Br)cc(CNc2ccc3c(c2)OCO3)cc1OC. The van der Waals surface area contributed by atoms with E-state index in [2.05, 4.69) is 21.2 Å². The largest absolute Gasteiger partial charge is 0.493 e. The first kappa shape index (κ1) is 15.8. The maximum atomic E-state index is 5.60. The number of rotatable bonds is 6. The summed E-state index contributed by atoms with van der Waals surface area (Å²) in [4.78, 5) is 0. The van der Waals surface area contributed by atoms with Crippen LogP contribution in [0.5, 0.6) is 23.0 Å². The lowest BCUT2D eigenvalue weighted by Crippen LogP contribution is -2.02. The lowest BCUT2D eigenvalue weighted by atomic mass is 10.2. The van der Waals surface area contributed by atoms with Gasteiger partial charge in [-0.1, -0.05) is 0 Å². The topological polar surface area (TPSA) is 49.0 Å². The van der Waals surface area contributed by atoms with Crippen LogP contribution in [0.1, 0.15) is 12.5 Å². The summed E-state index contributed by atoms with van der Waals surface area (Å²) in [6.07, 6.45) is 0. The molecule has 0 radical (unpaired) electrons. The van der Waals surface area contributed by atoms with E-state index in [9.17, 15) is 0 Å². The average molecular weight is 380 g/mol. The molecule has 2 aromatic rings. The summed E-state index contributed by atoms with van der Waals surface area (Å²) in [6.45, 7) is 3.47. The first-order valence-electron chi connectivity index (χ1n) is 7.34. The van der Waals surface area contributed by atoms with Crippen LogP contribution in [0.3, 0.4) is 0 Å². The number of fused-ring (bicyclic) bond motifs is 1. The molecule has 0 saturated heterocycles. The van der Waals surface area contributed by atoms with E-state index < -0.39 is 0 Å². The van der Waals surface area contributed by atoms with E-state index in [1.807, 2.05) is 37.3 Å². The third kappa shape index (κ3) is 3.47. The van der Waals surface area contributed by atoms with Crippen LogP contribution in [-0.4, -0.2) is 20.5 Å². The van der Waals surface area contributed by atoms with Crippen molar-refractivity contribution in [3.8, 4) is 23.0 Å². The summed E-state index contributed by atoms with van der Waals surface area (Å²) < 4.78 is 22.6. The second kappa shape index (κ2) is 7.00. The molecule has 0 fully saturated rings. The number of hydrogen-bond donors (Lipinski definition) is 1. The predicted molar refractivity (Wildman–Crippen MR) is 91.8 cm³/mol. The Balaban J connectivity index is 1.74. The first-order chi connectivity index (χ1) is 11.2. The van der Waals surface area contributed by atoms with Crippen LogP contribution in [-0.2, 0) is 6.54 Å². The van der Waals surface area contributed by atoms with Gasteiger partial charge in [-0.2, -0.15) is 0 Å². The Morgan fingerprint density at radius 2 is 2.00 bits per heavy atom. The molecule has 0 saturated carbocycles. The van der Waals surface area contributed by atoms with Crippen LogP contribution in [0.25, 0.3) is 0 Å². The number of methoxy groups -OCH3 is 1. The fourth-order valence-corrected chi connectivity index (χ4v) is 2.97. The molecule has 0 amide bonds. The summed E-state index contributed by atoms with van der Waals surface area (Å²) in [6, 6.07) is 9.79. The fourth-order valence-electron chi connectivity index (χ4n) is 2.37. The summed E-state index contributed by atoms with van der Waals surface area (Å²) in [5.74, 6) is 2.98. The Morgan fingerprint density at radius 1 is 1.17 bits per heavy atom. The number of benzene rings is 2. The highest BCUT2D eigenvalue weighted by Gasteiger charge is 2.14. The third-order valence-corrected chi connectivity index (χ3v) is 4.04. The summed E-state index contributed by atoms with van der Waals surface area (Å²) >= 11 is 3.54. The van der Waals surface area contributed by atoms with Gasteiger partial charge < -0.3 is 24.3 Å². The summed E-state index contributed by atoms with van der Waals surface area (Å²) in [7, 11) is 1.64. The van der Waals surface area contributed by atoms with Gasteiger partial charge in [0, 0.05) is 18.3 Å². The zero-order valence-corrected chi connectivity index (χ0v) is 14.6. The first-order valence-corrected chi connectivity index (χ1v) is 8.13. The molecule has 0 spiro atoms. The van der Waals surface area contributed by atoms with Crippen LogP contribution in [0, 0.1) is 0 Å². The zero-order chi connectivity index (χ0) is 16.2. The molecular weight excluding hydrogens is 362 g/mol. The minimum atomic E-state index is 0.280. The van der Waals surface area contributed by atoms with E-state index in [0.717, 1.165) is 33.0 Å². The summed E-state index contributed by atoms with van der Waals surface area (Å²) in [5, 5.41) is 3.37. The molecule has 0 bridgehead atoms. The summed E-state index contributed by atoms with van der Waals surface area (Å²) in [5.41, 5.74) is 2.05. The number of ether oxygens (including phenoxy) is 4. The molecule has 0 aliphatic carbocycles. The van der Waals surface area contributed by atoms with E-state index in [1.165, 1.54) is 0 Å². The molecule has 1 N–H and O–H groups in total. The highest BCUT2D eigenvalue weighted by molar-refractivity contribution is 9.10. The van der Waals surface area contributed by atoms with Gasteiger partial charge in [-0.15, -0.1) is 0 Å². The minimum absolute atomic E-state index is 0.280. The molecule has 1 aliphatic rings. The zero-order valence-electron chi connectivity index (χ0n) is 13.0. The van der Waals surface area contributed by atoms with E-state index in [0.29, 0.717) is 18.9 Å². The van der Waals surface area contributed by atoms with Crippen molar-refractivity contribution in [1.29, 1.82) is 0 Å². The van der Waals surface area contributed by atoms with Gasteiger partial charge in [0.1, 0.15) is 0 Å². The lowest BCUT2D eigenvalue weighted by molar-refractivity contribution is 0.174. The van der Waals surface area contributed by atoms with Crippen LogP contribution in [0.15, 0.2) is 34.8 Å². The maximum Gasteiger partial charge on any atom is 0.231 e. The molecule has 5 nitrogen and oxygen atoms in total. The van der Waals surface area contributed by atoms with Gasteiger partial charge in [0.25, 0.3) is 0 Å². The van der Waals surface area contributed by atoms with Crippen LogP contribution < -0.4 is 24.3 Å². The van der Waals surface area contributed by atoms with Crippen molar-refractivity contribution in [1.82, 2.24) is 0 Å². The Kier molecular flexibility index (Phi) is 4.81. The van der Waals surface area contributed by atoms with Crippen molar-refractivity contribution in [3.63, 3.8) is 0 Å². The quantitative estimate of drug-likeness (QED) is 0.814. The van der Waals surface area contributed by atoms with Gasteiger partial charge in [-0.3, -0.25) is 0 Å².